The van der Waals surface area contributed by atoms with Crippen molar-refractivity contribution >= 4 is 21.5 Å². The SMILES string of the molecule is COS(=O)(=O)c1ccc(Nc2ccc(-c3ccccc3)cc2O)cc1. The molecule has 3 aromatic rings. The molecule has 0 aliphatic rings. The van der Waals surface area contributed by atoms with Crippen LogP contribution in [0.15, 0.2) is 77.7 Å². The highest BCUT2D eigenvalue weighted by Crippen LogP contribution is 2.32. The van der Waals surface area contributed by atoms with E-state index in [1.165, 1.54) is 12.1 Å². The Hall–Kier alpha value is -2.83. The van der Waals surface area contributed by atoms with Crippen LogP contribution < -0.4 is 5.32 Å². The fourth-order valence-electron chi connectivity index (χ4n) is 2.40. The monoisotopic (exact) mass is 355 g/mol. The number of hydrogen-bond donors (Lipinski definition) is 2. The van der Waals surface area contributed by atoms with Gasteiger partial charge >= 0.3 is 0 Å². The topological polar surface area (TPSA) is 75.6 Å². The minimum absolute atomic E-state index is 0.0733. The van der Waals surface area contributed by atoms with Crippen molar-refractivity contribution in [1.29, 1.82) is 0 Å². The molecule has 0 saturated carbocycles. The molecule has 2 N–H and O–H groups in total. The van der Waals surface area contributed by atoms with Crippen LogP contribution in [0.5, 0.6) is 5.75 Å². The summed E-state index contributed by atoms with van der Waals surface area (Å²) in [4.78, 5) is 0.0733. The molecule has 0 amide bonds. The smallest absolute Gasteiger partial charge is 0.296 e. The Bertz CT molecular complexity index is 968. The number of aromatic hydroxyl groups is 1. The molecular weight excluding hydrogens is 338 g/mol. The van der Waals surface area contributed by atoms with Gasteiger partial charge in [0.1, 0.15) is 5.75 Å². The van der Waals surface area contributed by atoms with Crippen LogP contribution in [0.4, 0.5) is 11.4 Å². The zero-order valence-corrected chi connectivity index (χ0v) is 14.3. The predicted molar refractivity (Wildman–Crippen MR) is 97.5 cm³/mol. The second-order valence-electron chi connectivity index (χ2n) is 5.37. The molecular formula is C19H17NO4S. The van der Waals surface area contributed by atoms with Crippen LogP contribution in [0.3, 0.4) is 0 Å². The third-order valence-corrected chi connectivity index (χ3v) is 5.03. The van der Waals surface area contributed by atoms with Crippen molar-refractivity contribution < 1.29 is 17.7 Å². The number of phenolic OH excluding ortho intramolecular Hbond substituents is 1. The molecule has 6 heteroatoms. The van der Waals surface area contributed by atoms with E-state index in [0.717, 1.165) is 18.2 Å². The first-order chi connectivity index (χ1) is 12.0. The van der Waals surface area contributed by atoms with Crippen LogP contribution in [0, 0.1) is 0 Å². The normalized spacial score (nSPS) is 11.2. The van der Waals surface area contributed by atoms with Gasteiger partial charge in [0.05, 0.1) is 17.7 Å². The van der Waals surface area contributed by atoms with E-state index >= 15 is 0 Å². The van der Waals surface area contributed by atoms with Crippen molar-refractivity contribution in [2.45, 2.75) is 4.90 Å². The van der Waals surface area contributed by atoms with Gasteiger partial charge in [0, 0.05) is 5.69 Å². The van der Waals surface area contributed by atoms with Crippen LogP contribution in [0.25, 0.3) is 11.1 Å². The van der Waals surface area contributed by atoms with E-state index in [2.05, 4.69) is 9.50 Å². The van der Waals surface area contributed by atoms with E-state index in [9.17, 15) is 13.5 Å². The molecule has 0 fully saturated rings. The molecule has 0 bridgehead atoms. The zero-order chi connectivity index (χ0) is 17.9. The van der Waals surface area contributed by atoms with Gasteiger partial charge in [0.2, 0.25) is 0 Å². The van der Waals surface area contributed by atoms with Crippen molar-refractivity contribution in [3.63, 3.8) is 0 Å². The second-order valence-corrected chi connectivity index (χ2v) is 7.08. The number of nitrogens with one attached hydrogen (secondary N) is 1. The van der Waals surface area contributed by atoms with Gasteiger partial charge in [0.25, 0.3) is 10.1 Å². The Morgan fingerprint density at radius 1 is 0.880 bits per heavy atom. The Morgan fingerprint density at radius 3 is 2.16 bits per heavy atom. The molecule has 0 spiro atoms. The number of hydrogen-bond acceptors (Lipinski definition) is 5. The maximum Gasteiger partial charge on any atom is 0.296 e. The average Bonchev–Trinajstić information content (AvgIpc) is 2.64. The molecule has 0 atom stereocenters. The van der Waals surface area contributed by atoms with Crippen LogP contribution >= 0.6 is 0 Å². The molecule has 0 radical (unpaired) electrons. The molecule has 128 valence electrons. The summed E-state index contributed by atoms with van der Waals surface area (Å²) < 4.78 is 27.7. The fraction of sp³-hybridized carbons (Fsp3) is 0.0526. The second kappa shape index (κ2) is 6.96. The summed E-state index contributed by atoms with van der Waals surface area (Å²) in [5.41, 5.74) is 3.10. The Morgan fingerprint density at radius 2 is 1.56 bits per heavy atom. The summed E-state index contributed by atoms with van der Waals surface area (Å²) in [5.74, 6) is 0.106. The molecule has 25 heavy (non-hydrogen) atoms. The van der Waals surface area contributed by atoms with Gasteiger partial charge in [-0.05, 0) is 47.5 Å². The van der Waals surface area contributed by atoms with Crippen molar-refractivity contribution in [2.24, 2.45) is 0 Å². The molecule has 5 nitrogen and oxygen atoms in total. The lowest BCUT2D eigenvalue weighted by Gasteiger charge is -2.11. The molecule has 0 aliphatic carbocycles. The maximum atomic E-state index is 11.6. The molecule has 3 rings (SSSR count). The Kier molecular flexibility index (Phi) is 4.74. The first kappa shape index (κ1) is 17.0. The Balaban J connectivity index is 1.82. The van der Waals surface area contributed by atoms with Crippen LogP contribution in [0.2, 0.25) is 0 Å². The van der Waals surface area contributed by atoms with Crippen LogP contribution in [-0.2, 0) is 14.3 Å². The van der Waals surface area contributed by atoms with Gasteiger partial charge in [-0.2, -0.15) is 8.42 Å². The first-order valence-electron chi connectivity index (χ1n) is 7.56. The van der Waals surface area contributed by atoms with Gasteiger partial charge in [-0.15, -0.1) is 0 Å². The number of anilines is 2. The minimum atomic E-state index is -3.71. The molecule has 0 aliphatic heterocycles. The van der Waals surface area contributed by atoms with Gasteiger partial charge in [-0.1, -0.05) is 36.4 Å². The van der Waals surface area contributed by atoms with Gasteiger partial charge in [-0.25, -0.2) is 0 Å². The van der Waals surface area contributed by atoms with Gasteiger partial charge in [0.15, 0.2) is 0 Å². The summed E-state index contributed by atoms with van der Waals surface area (Å²) in [5, 5.41) is 13.3. The fourth-order valence-corrected chi connectivity index (χ4v) is 3.07. The quantitative estimate of drug-likeness (QED) is 0.531. The van der Waals surface area contributed by atoms with Gasteiger partial charge in [-0.3, -0.25) is 4.18 Å². The standard InChI is InChI=1S/C19H17NO4S/c1-24-25(22,23)17-10-8-16(9-11-17)20-18-12-7-15(13-19(18)21)14-5-3-2-4-6-14/h2-13,20-21H,1H3. The van der Waals surface area contributed by atoms with Crippen molar-refractivity contribution in [3.05, 3.63) is 72.8 Å². The minimum Gasteiger partial charge on any atom is -0.506 e. The largest absolute Gasteiger partial charge is 0.506 e. The number of benzene rings is 3. The summed E-state index contributed by atoms with van der Waals surface area (Å²) in [7, 11) is -2.59. The summed E-state index contributed by atoms with van der Waals surface area (Å²) in [6, 6.07) is 21.2. The first-order valence-corrected chi connectivity index (χ1v) is 8.96. The van der Waals surface area contributed by atoms with Crippen molar-refractivity contribution in [1.82, 2.24) is 0 Å². The van der Waals surface area contributed by atoms with E-state index in [0.29, 0.717) is 11.4 Å². The summed E-state index contributed by atoms with van der Waals surface area (Å²) in [6.45, 7) is 0. The van der Waals surface area contributed by atoms with E-state index in [-0.39, 0.29) is 10.6 Å². The van der Waals surface area contributed by atoms with Crippen molar-refractivity contribution in [2.75, 3.05) is 12.4 Å². The molecule has 0 saturated heterocycles. The molecule has 0 unspecified atom stereocenters. The highest BCUT2D eigenvalue weighted by molar-refractivity contribution is 7.86. The highest BCUT2D eigenvalue weighted by Gasteiger charge is 2.12. The van der Waals surface area contributed by atoms with E-state index < -0.39 is 10.1 Å². The molecule has 0 heterocycles. The highest BCUT2D eigenvalue weighted by atomic mass is 32.2. The summed E-state index contributed by atoms with van der Waals surface area (Å²) >= 11 is 0. The third-order valence-electron chi connectivity index (χ3n) is 3.75. The maximum absolute atomic E-state index is 11.6. The molecule has 3 aromatic carbocycles. The lowest BCUT2D eigenvalue weighted by molar-refractivity contribution is 0.398. The molecule has 0 aromatic heterocycles. The van der Waals surface area contributed by atoms with Gasteiger partial charge < -0.3 is 10.4 Å². The van der Waals surface area contributed by atoms with E-state index in [4.69, 9.17) is 0 Å². The number of rotatable bonds is 5. The third kappa shape index (κ3) is 3.81. The number of phenols is 1. The lowest BCUT2D eigenvalue weighted by atomic mass is 10.0. The van der Waals surface area contributed by atoms with Crippen molar-refractivity contribution in [3.8, 4) is 16.9 Å². The van der Waals surface area contributed by atoms with E-state index in [1.54, 1.807) is 24.3 Å². The van der Waals surface area contributed by atoms with Crippen LogP contribution in [0.1, 0.15) is 0 Å². The van der Waals surface area contributed by atoms with Crippen LogP contribution in [-0.4, -0.2) is 20.6 Å². The average molecular weight is 355 g/mol. The summed E-state index contributed by atoms with van der Waals surface area (Å²) in [6.07, 6.45) is 0. The predicted octanol–water partition coefficient (Wildman–Crippen LogP) is 4.14. The lowest BCUT2D eigenvalue weighted by Crippen LogP contribution is -2.02. The van der Waals surface area contributed by atoms with E-state index in [1.807, 2.05) is 36.4 Å². The Labute approximate surface area is 146 Å². The zero-order valence-electron chi connectivity index (χ0n) is 13.5.